The third kappa shape index (κ3) is 3.89. The Bertz CT molecular complexity index is 693. The molecule has 1 aromatic heterocycles. The average Bonchev–Trinajstić information content (AvgIpc) is 2.81. The maximum Gasteiger partial charge on any atom is 0.262 e. The zero-order valence-corrected chi connectivity index (χ0v) is 16.0. The number of carbonyl (C=O) groups is 1. The molecule has 8 heteroatoms. The number of hydrogen-bond donors (Lipinski definition) is 0. The van der Waals surface area contributed by atoms with Crippen molar-refractivity contribution in [3.63, 3.8) is 0 Å². The minimum Gasteiger partial charge on any atom is -0.342 e. The summed E-state index contributed by atoms with van der Waals surface area (Å²) in [5.74, 6) is 0.840. The minimum atomic E-state index is -3.57. The Labute approximate surface area is 150 Å². The van der Waals surface area contributed by atoms with Gasteiger partial charge in [0.2, 0.25) is 5.91 Å². The van der Waals surface area contributed by atoms with Crippen LogP contribution in [0.4, 0.5) is 0 Å². The third-order valence-corrected chi connectivity index (χ3v) is 7.18. The fourth-order valence-electron chi connectivity index (χ4n) is 3.68. The quantitative estimate of drug-likeness (QED) is 0.811. The van der Waals surface area contributed by atoms with E-state index in [-0.39, 0.29) is 16.9 Å². The Balaban J connectivity index is 1.62. The van der Waals surface area contributed by atoms with Gasteiger partial charge in [-0.05, 0) is 32.6 Å². The molecule has 140 valence electrons. The molecule has 1 aromatic rings. The summed E-state index contributed by atoms with van der Waals surface area (Å²) in [5, 5.41) is 0.102. The van der Waals surface area contributed by atoms with Crippen molar-refractivity contribution in [1.29, 1.82) is 0 Å². The second kappa shape index (κ2) is 7.45. The molecule has 0 aliphatic carbocycles. The molecule has 25 heavy (non-hydrogen) atoms. The summed E-state index contributed by atoms with van der Waals surface area (Å²) in [6.45, 7) is 4.27. The van der Waals surface area contributed by atoms with Crippen LogP contribution in [0.15, 0.2) is 11.2 Å². The predicted molar refractivity (Wildman–Crippen MR) is 94.5 cm³/mol. The standard InChI is InChI=1S/C17H28N4O3S/c1-14-18-16(13-19(14)2)25(23,24)21-11-7-15(8-12-21)17(22)20-9-5-3-4-6-10-20/h13,15H,3-12H2,1-2H3. The van der Waals surface area contributed by atoms with Gasteiger partial charge in [0.1, 0.15) is 5.82 Å². The molecule has 2 fully saturated rings. The Morgan fingerprint density at radius 1 is 1.08 bits per heavy atom. The summed E-state index contributed by atoms with van der Waals surface area (Å²) < 4.78 is 28.6. The summed E-state index contributed by atoms with van der Waals surface area (Å²) in [4.78, 5) is 18.9. The number of piperidine rings is 1. The van der Waals surface area contributed by atoms with Crippen molar-refractivity contribution in [2.45, 2.75) is 50.5 Å². The van der Waals surface area contributed by atoms with Crippen molar-refractivity contribution in [2.75, 3.05) is 26.2 Å². The van der Waals surface area contributed by atoms with Gasteiger partial charge in [0.15, 0.2) is 5.03 Å². The van der Waals surface area contributed by atoms with Crippen molar-refractivity contribution < 1.29 is 13.2 Å². The number of hydrogen-bond acceptors (Lipinski definition) is 4. The summed E-state index contributed by atoms with van der Waals surface area (Å²) in [6, 6.07) is 0. The zero-order valence-electron chi connectivity index (χ0n) is 15.1. The molecule has 0 saturated carbocycles. The second-order valence-corrected chi connectivity index (χ2v) is 9.04. The number of aromatic nitrogens is 2. The Kier molecular flexibility index (Phi) is 5.48. The summed E-state index contributed by atoms with van der Waals surface area (Å²) in [6.07, 6.45) is 7.31. The number of amides is 1. The fraction of sp³-hybridized carbons (Fsp3) is 0.765. The van der Waals surface area contributed by atoms with E-state index in [0.29, 0.717) is 31.8 Å². The van der Waals surface area contributed by atoms with E-state index < -0.39 is 10.0 Å². The van der Waals surface area contributed by atoms with Gasteiger partial charge in [-0.25, -0.2) is 13.4 Å². The zero-order chi connectivity index (χ0) is 18.0. The summed E-state index contributed by atoms with van der Waals surface area (Å²) in [5.41, 5.74) is 0. The van der Waals surface area contributed by atoms with Gasteiger partial charge in [-0.2, -0.15) is 4.31 Å². The lowest BCUT2D eigenvalue weighted by atomic mass is 9.96. The van der Waals surface area contributed by atoms with E-state index in [0.717, 1.165) is 25.9 Å². The van der Waals surface area contributed by atoms with E-state index in [4.69, 9.17) is 0 Å². The van der Waals surface area contributed by atoms with Crippen LogP contribution >= 0.6 is 0 Å². The molecule has 0 aromatic carbocycles. The Morgan fingerprint density at radius 3 is 2.20 bits per heavy atom. The van der Waals surface area contributed by atoms with Gasteiger partial charge in [0.25, 0.3) is 10.0 Å². The first kappa shape index (κ1) is 18.4. The first-order valence-corrected chi connectivity index (χ1v) is 10.6. The number of imidazole rings is 1. The lowest BCUT2D eigenvalue weighted by molar-refractivity contribution is -0.136. The van der Waals surface area contributed by atoms with Crippen LogP contribution in [0.2, 0.25) is 0 Å². The van der Waals surface area contributed by atoms with Crippen LogP contribution < -0.4 is 0 Å². The highest BCUT2D eigenvalue weighted by molar-refractivity contribution is 7.89. The molecule has 2 saturated heterocycles. The molecule has 2 aliphatic rings. The molecule has 2 aliphatic heterocycles. The van der Waals surface area contributed by atoms with Crippen molar-refractivity contribution in [3.05, 3.63) is 12.0 Å². The van der Waals surface area contributed by atoms with Crippen molar-refractivity contribution in [1.82, 2.24) is 18.8 Å². The highest BCUT2D eigenvalue weighted by Crippen LogP contribution is 2.25. The first-order chi connectivity index (χ1) is 11.9. The van der Waals surface area contributed by atoms with Crippen LogP contribution in [0.3, 0.4) is 0 Å². The van der Waals surface area contributed by atoms with Gasteiger partial charge >= 0.3 is 0 Å². The normalized spacial score (nSPS) is 21.3. The van der Waals surface area contributed by atoms with E-state index in [9.17, 15) is 13.2 Å². The van der Waals surface area contributed by atoms with Crippen LogP contribution in [0.25, 0.3) is 0 Å². The third-order valence-electron chi connectivity index (χ3n) is 5.41. The smallest absolute Gasteiger partial charge is 0.262 e. The molecule has 0 radical (unpaired) electrons. The molecule has 3 rings (SSSR count). The van der Waals surface area contributed by atoms with Crippen LogP contribution in [0.1, 0.15) is 44.3 Å². The van der Waals surface area contributed by atoms with Crippen LogP contribution in [-0.4, -0.2) is 59.3 Å². The minimum absolute atomic E-state index is 0.0463. The summed E-state index contributed by atoms with van der Waals surface area (Å²) in [7, 11) is -1.78. The van der Waals surface area contributed by atoms with Crippen molar-refractivity contribution in [2.24, 2.45) is 13.0 Å². The highest BCUT2D eigenvalue weighted by atomic mass is 32.2. The van der Waals surface area contributed by atoms with Gasteiger partial charge in [-0.3, -0.25) is 4.79 Å². The fourth-order valence-corrected chi connectivity index (χ4v) is 5.17. The van der Waals surface area contributed by atoms with Gasteiger partial charge in [0.05, 0.1) is 0 Å². The monoisotopic (exact) mass is 368 g/mol. The maximum absolute atomic E-state index is 12.7. The van der Waals surface area contributed by atoms with Crippen molar-refractivity contribution in [3.8, 4) is 0 Å². The molecular weight excluding hydrogens is 340 g/mol. The first-order valence-electron chi connectivity index (χ1n) is 9.18. The number of rotatable bonds is 3. The van der Waals surface area contributed by atoms with Gasteiger partial charge in [-0.15, -0.1) is 0 Å². The molecule has 1 amide bonds. The summed E-state index contributed by atoms with van der Waals surface area (Å²) >= 11 is 0. The maximum atomic E-state index is 12.7. The van der Waals surface area contributed by atoms with Crippen LogP contribution in [-0.2, 0) is 21.9 Å². The average molecular weight is 369 g/mol. The second-order valence-electron chi connectivity index (χ2n) is 7.16. The Morgan fingerprint density at radius 2 is 1.68 bits per heavy atom. The predicted octanol–water partition coefficient (Wildman–Crippen LogP) is 1.53. The lowest BCUT2D eigenvalue weighted by Gasteiger charge is -2.33. The largest absolute Gasteiger partial charge is 0.342 e. The van der Waals surface area contributed by atoms with Gasteiger partial charge in [-0.1, -0.05) is 12.8 Å². The van der Waals surface area contributed by atoms with Crippen LogP contribution in [0.5, 0.6) is 0 Å². The molecule has 0 N–H and O–H groups in total. The lowest BCUT2D eigenvalue weighted by Crippen LogP contribution is -2.44. The number of aryl methyl sites for hydroxylation is 2. The molecule has 0 unspecified atom stereocenters. The molecule has 7 nitrogen and oxygen atoms in total. The topological polar surface area (TPSA) is 75.5 Å². The molecule has 3 heterocycles. The van der Waals surface area contributed by atoms with E-state index in [1.165, 1.54) is 17.1 Å². The molecule has 0 atom stereocenters. The van der Waals surface area contributed by atoms with E-state index in [1.807, 2.05) is 4.90 Å². The van der Waals surface area contributed by atoms with E-state index >= 15 is 0 Å². The van der Waals surface area contributed by atoms with E-state index in [2.05, 4.69) is 4.98 Å². The molecule has 0 bridgehead atoms. The van der Waals surface area contributed by atoms with E-state index in [1.54, 1.807) is 24.7 Å². The number of carbonyl (C=O) groups excluding carboxylic acids is 1. The van der Waals surface area contributed by atoms with Gasteiger partial charge in [0, 0.05) is 45.3 Å². The molecule has 0 spiro atoms. The van der Waals surface area contributed by atoms with Crippen molar-refractivity contribution >= 4 is 15.9 Å². The molecular formula is C17H28N4O3S. The Hall–Kier alpha value is -1.41. The number of nitrogens with zero attached hydrogens (tertiary/aromatic N) is 4. The van der Waals surface area contributed by atoms with Gasteiger partial charge < -0.3 is 9.47 Å². The highest BCUT2D eigenvalue weighted by Gasteiger charge is 2.35. The van der Waals surface area contributed by atoms with Crippen LogP contribution in [0, 0.1) is 12.8 Å². The number of sulfonamides is 1. The SMILES string of the molecule is Cc1nc(S(=O)(=O)N2CCC(C(=O)N3CCCCCC3)CC2)cn1C. The number of likely N-dealkylation sites (tertiary alicyclic amines) is 1.